The van der Waals surface area contributed by atoms with Crippen molar-refractivity contribution < 1.29 is 23.1 Å². The number of benzene rings is 1. The highest BCUT2D eigenvalue weighted by atomic mass is 31.2. The Balaban J connectivity index is 3.18. The molecule has 0 N–H and O–H groups in total. The van der Waals surface area contributed by atoms with Crippen molar-refractivity contribution in [2.75, 3.05) is 27.4 Å². The van der Waals surface area contributed by atoms with Crippen molar-refractivity contribution in [3.63, 3.8) is 0 Å². The SMILES string of the molecule is CCOP(=O)(Cc1cc(OC)c(CC)cc1OC)OCC. The molecule has 0 saturated heterocycles. The maximum absolute atomic E-state index is 12.7. The van der Waals surface area contributed by atoms with E-state index in [1.54, 1.807) is 28.1 Å². The van der Waals surface area contributed by atoms with Crippen molar-refractivity contribution in [1.29, 1.82) is 0 Å². The molecule has 0 saturated carbocycles. The Labute approximate surface area is 127 Å². The minimum atomic E-state index is -3.17. The van der Waals surface area contributed by atoms with E-state index in [0.29, 0.717) is 19.0 Å². The summed E-state index contributed by atoms with van der Waals surface area (Å²) in [6.07, 6.45) is 0.993. The number of aryl methyl sites for hydroxylation is 1. The second-order valence-corrected chi connectivity index (χ2v) is 6.49. The van der Waals surface area contributed by atoms with Crippen LogP contribution in [0.3, 0.4) is 0 Å². The molecule has 0 aliphatic heterocycles. The first kappa shape index (κ1) is 18.0. The van der Waals surface area contributed by atoms with Gasteiger partial charge < -0.3 is 18.5 Å². The Morgan fingerprint density at radius 3 is 1.81 bits per heavy atom. The molecule has 0 atom stereocenters. The Kier molecular flexibility index (Phi) is 7.23. The third-order valence-corrected chi connectivity index (χ3v) is 5.11. The topological polar surface area (TPSA) is 54.0 Å². The molecular formula is C15H25O5P. The summed E-state index contributed by atoms with van der Waals surface area (Å²) in [6, 6.07) is 3.76. The van der Waals surface area contributed by atoms with Gasteiger partial charge in [0.15, 0.2) is 0 Å². The number of rotatable bonds is 9. The maximum Gasteiger partial charge on any atom is 0.335 e. The van der Waals surface area contributed by atoms with E-state index in [2.05, 4.69) is 0 Å². The highest BCUT2D eigenvalue weighted by Crippen LogP contribution is 2.53. The van der Waals surface area contributed by atoms with Crippen LogP contribution < -0.4 is 9.47 Å². The van der Waals surface area contributed by atoms with Gasteiger partial charge in [-0.25, -0.2) is 0 Å². The third-order valence-electron chi connectivity index (χ3n) is 3.08. The van der Waals surface area contributed by atoms with E-state index in [0.717, 1.165) is 23.3 Å². The van der Waals surface area contributed by atoms with Gasteiger partial charge in [0.2, 0.25) is 0 Å². The molecule has 0 aromatic heterocycles. The fraction of sp³-hybridized carbons (Fsp3) is 0.600. The summed E-state index contributed by atoms with van der Waals surface area (Å²) in [6.45, 7) is 6.31. The predicted molar refractivity (Wildman–Crippen MR) is 83.5 cm³/mol. The van der Waals surface area contributed by atoms with Gasteiger partial charge >= 0.3 is 7.60 Å². The first-order valence-corrected chi connectivity index (χ1v) is 8.88. The molecule has 0 heterocycles. The van der Waals surface area contributed by atoms with Crippen molar-refractivity contribution in [2.24, 2.45) is 0 Å². The van der Waals surface area contributed by atoms with Crippen molar-refractivity contribution in [2.45, 2.75) is 33.4 Å². The number of hydrogen-bond acceptors (Lipinski definition) is 5. The maximum atomic E-state index is 12.7. The Morgan fingerprint density at radius 1 is 0.905 bits per heavy atom. The highest BCUT2D eigenvalue weighted by Gasteiger charge is 2.26. The fourth-order valence-corrected chi connectivity index (χ4v) is 3.86. The molecular weight excluding hydrogens is 291 g/mol. The molecule has 1 aromatic carbocycles. The molecule has 0 aliphatic rings. The Morgan fingerprint density at radius 2 is 1.38 bits per heavy atom. The van der Waals surface area contributed by atoms with Crippen molar-refractivity contribution >= 4 is 7.60 Å². The van der Waals surface area contributed by atoms with E-state index in [9.17, 15) is 4.57 Å². The lowest BCUT2D eigenvalue weighted by molar-refractivity contribution is 0.219. The molecule has 5 nitrogen and oxygen atoms in total. The van der Waals surface area contributed by atoms with E-state index in [1.807, 2.05) is 19.1 Å². The molecule has 21 heavy (non-hydrogen) atoms. The highest BCUT2D eigenvalue weighted by molar-refractivity contribution is 7.53. The van der Waals surface area contributed by atoms with E-state index in [1.165, 1.54) is 0 Å². The van der Waals surface area contributed by atoms with Crippen molar-refractivity contribution in [1.82, 2.24) is 0 Å². The van der Waals surface area contributed by atoms with Gasteiger partial charge in [-0.1, -0.05) is 6.92 Å². The van der Waals surface area contributed by atoms with Crippen LogP contribution in [-0.4, -0.2) is 27.4 Å². The molecule has 0 unspecified atom stereocenters. The summed E-state index contributed by atoms with van der Waals surface area (Å²) in [7, 11) is 0.0439. The van der Waals surface area contributed by atoms with E-state index < -0.39 is 7.60 Å². The second kappa shape index (κ2) is 8.42. The van der Waals surface area contributed by atoms with E-state index >= 15 is 0 Å². The number of hydrogen-bond donors (Lipinski definition) is 0. The van der Waals surface area contributed by atoms with Gasteiger partial charge in [0.25, 0.3) is 0 Å². The lowest BCUT2D eigenvalue weighted by Crippen LogP contribution is -2.02. The van der Waals surface area contributed by atoms with Crippen LogP contribution in [0.25, 0.3) is 0 Å². The lowest BCUT2D eigenvalue weighted by atomic mass is 10.1. The summed E-state index contributed by atoms with van der Waals surface area (Å²) in [4.78, 5) is 0. The van der Waals surface area contributed by atoms with Gasteiger partial charge in [0, 0.05) is 5.56 Å². The molecule has 0 amide bonds. The van der Waals surface area contributed by atoms with Crippen LogP contribution in [0.15, 0.2) is 12.1 Å². The molecule has 1 rings (SSSR count). The van der Waals surface area contributed by atoms with Crippen LogP contribution in [0.5, 0.6) is 11.5 Å². The smallest absolute Gasteiger partial charge is 0.335 e. The number of ether oxygens (including phenoxy) is 2. The van der Waals surface area contributed by atoms with E-state index in [4.69, 9.17) is 18.5 Å². The molecule has 0 fully saturated rings. The molecule has 120 valence electrons. The predicted octanol–water partition coefficient (Wildman–Crippen LogP) is 4.03. The van der Waals surface area contributed by atoms with Crippen LogP contribution in [0, 0.1) is 0 Å². The van der Waals surface area contributed by atoms with Crippen LogP contribution in [0.2, 0.25) is 0 Å². The monoisotopic (exact) mass is 316 g/mol. The van der Waals surface area contributed by atoms with Crippen molar-refractivity contribution in [3.05, 3.63) is 23.3 Å². The van der Waals surface area contributed by atoms with Crippen LogP contribution in [0.1, 0.15) is 31.9 Å². The fourth-order valence-electron chi connectivity index (χ4n) is 2.15. The molecule has 0 radical (unpaired) electrons. The molecule has 6 heteroatoms. The zero-order valence-electron chi connectivity index (χ0n) is 13.5. The van der Waals surface area contributed by atoms with Gasteiger partial charge in [-0.2, -0.15) is 0 Å². The number of methoxy groups -OCH3 is 2. The van der Waals surface area contributed by atoms with Gasteiger partial charge in [0.1, 0.15) is 11.5 Å². The summed E-state index contributed by atoms with van der Waals surface area (Å²) in [5, 5.41) is 0. The summed E-state index contributed by atoms with van der Waals surface area (Å²) >= 11 is 0. The molecule has 0 bridgehead atoms. The largest absolute Gasteiger partial charge is 0.496 e. The Bertz CT molecular complexity index is 491. The molecule has 1 aromatic rings. The third kappa shape index (κ3) is 4.73. The standard InChI is InChI=1S/C15H25O5P/c1-6-12-9-15(18-5)13(10-14(12)17-4)11-21(16,19-7-2)20-8-3/h9-10H,6-8,11H2,1-5H3. The summed E-state index contributed by atoms with van der Waals surface area (Å²) in [5.74, 6) is 1.43. The second-order valence-electron chi connectivity index (χ2n) is 4.43. The first-order valence-electron chi connectivity index (χ1n) is 7.15. The minimum Gasteiger partial charge on any atom is -0.496 e. The summed E-state index contributed by atoms with van der Waals surface area (Å²) in [5.41, 5.74) is 1.80. The van der Waals surface area contributed by atoms with Crippen LogP contribution in [-0.2, 0) is 26.2 Å². The average molecular weight is 316 g/mol. The van der Waals surface area contributed by atoms with Gasteiger partial charge in [0.05, 0.1) is 33.6 Å². The normalized spacial score (nSPS) is 11.5. The summed E-state index contributed by atoms with van der Waals surface area (Å²) < 4.78 is 34.1. The van der Waals surface area contributed by atoms with Gasteiger partial charge in [-0.3, -0.25) is 4.57 Å². The minimum absolute atomic E-state index is 0.165. The zero-order chi connectivity index (χ0) is 15.9. The van der Waals surface area contributed by atoms with Gasteiger partial charge in [-0.05, 0) is 38.0 Å². The van der Waals surface area contributed by atoms with Gasteiger partial charge in [-0.15, -0.1) is 0 Å². The van der Waals surface area contributed by atoms with Crippen LogP contribution in [0.4, 0.5) is 0 Å². The molecule has 0 aliphatic carbocycles. The average Bonchev–Trinajstić information content (AvgIpc) is 2.47. The van der Waals surface area contributed by atoms with Crippen LogP contribution >= 0.6 is 7.60 Å². The zero-order valence-corrected chi connectivity index (χ0v) is 14.4. The first-order chi connectivity index (χ1) is 10.0. The lowest BCUT2D eigenvalue weighted by Gasteiger charge is -2.19. The van der Waals surface area contributed by atoms with E-state index in [-0.39, 0.29) is 6.16 Å². The quantitative estimate of drug-likeness (QED) is 0.644. The van der Waals surface area contributed by atoms with Crippen molar-refractivity contribution in [3.8, 4) is 11.5 Å². The Hall–Kier alpha value is -1.03. The molecule has 0 spiro atoms.